The van der Waals surface area contributed by atoms with Crippen LogP contribution in [-0.4, -0.2) is 42.0 Å². The van der Waals surface area contributed by atoms with Gasteiger partial charge in [-0.3, -0.25) is 14.2 Å². The zero-order valence-electron chi connectivity index (χ0n) is 14.6. The van der Waals surface area contributed by atoms with E-state index in [-0.39, 0.29) is 30.2 Å². The number of carbonyl (C=O) groups excluding carboxylic acids is 1. The molecule has 0 saturated heterocycles. The van der Waals surface area contributed by atoms with Crippen LogP contribution >= 0.6 is 11.3 Å². The Hall–Kier alpha value is -3.66. The summed E-state index contributed by atoms with van der Waals surface area (Å²) in [6.45, 7) is 0.495. The van der Waals surface area contributed by atoms with Gasteiger partial charge in [-0.15, -0.1) is 21.5 Å². The summed E-state index contributed by atoms with van der Waals surface area (Å²) in [7, 11) is 0. The minimum Gasteiger partial charge on any atom is -0.349 e. The highest BCUT2D eigenvalue weighted by atomic mass is 32.1. The number of hydrogen-bond acceptors (Lipinski definition) is 7. The molecule has 9 nitrogen and oxygen atoms in total. The summed E-state index contributed by atoms with van der Waals surface area (Å²) in [4.78, 5) is 29.1. The van der Waals surface area contributed by atoms with E-state index in [0.717, 1.165) is 10.6 Å². The number of carbonyl (C=O) groups is 1. The Balaban J connectivity index is 1.38. The van der Waals surface area contributed by atoms with E-state index in [1.54, 1.807) is 52.8 Å². The zero-order valence-corrected chi connectivity index (χ0v) is 15.4. The van der Waals surface area contributed by atoms with E-state index < -0.39 is 0 Å². The van der Waals surface area contributed by atoms with Crippen molar-refractivity contribution in [1.29, 1.82) is 0 Å². The number of nitrogens with zero attached hydrogens (tertiary/aromatic N) is 6. The number of imidazole rings is 1. The molecule has 4 heterocycles. The number of nitrogens with one attached hydrogen (secondary N) is 1. The molecule has 4 aromatic heterocycles. The van der Waals surface area contributed by atoms with Crippen LogP contribution in [0, 0.1) is 0 Å². The number of rotatable bonds is 6. The Morgan fingerprint density at radius 1 is 1.14 bits per heavy atom. The molecule has 0 saturated carbocycles. The minimum atomic E-state index is -0.368. The van der Waals surface area contributed by atoms with E-state index in [1.165, 1.54) is 10.7 Å². The van der Waals surface area contributed by atoms with Gasteiger partial charge in [0.15, 0.2) is 11.5 Å². The van der Waals surface area contributed by atoms with Crippen LogP contribution in [0.25, 0.3) is 16.4 Å². The highest BCUT2D eigenvalue weighted by Gasteiger charge is 2.09. The lowest BCUT2D eigenvalue weighted by Crippen LogP contribution is -2.32. The van der Waals surface area contributed by atoms with Crippen molar-refractivity contribution in [2.24, 2.45) is 0 Å². The number of amides is 1. The highest BCUT2D eigenvalue weighted by molar-refractivity contribution is 7.13. The van der Waals surface area contributed by atoms with Crippen molar-refractivity contribution in [3.8, 4) is 16.4 Å². The molecule has 0 aliphatic heterocycles. The van der Waals surface area contributed by atoms with E-state index in [1.807, 2.05) is 17.5 Å². The Morgan fingerprint density at radius 3 is 2.79 bits per heavy atom. The largest absolute Gasteiger partial charge is 0.349 e. The third-order valence-electron chi connectivity index (χ3n) is 3.90. The van der Waals surface area contributed by atoms with Crippen LogP contribution in [-0.2, 0) is 6.54 Å². The second kappa shape index (κ2) is 7.92. The molecule has 0 fully saturated rings. The first-order valence-electron chi connectivity index (χ1n) is 8.43. The summed E-state index contributed by atoms with van der Waals surface area (Å²) in [5, 5.41) is 17.0. The molecule has 0 unspecified atom stereocenters. The summed E-state index contributed by atoms with van der Waals surface area (Å²) in [5.74, 6) is 0.197. The lowest BCUT2D eigenvalue weighted by molar-refractivity contribution is 0.0945. The maximum Gasteiger partial charge on any atom is 0.271 e. The minimum absolute atomic E-state index is 0.191. The normalized spacial score (nSPS) is 10.7. The van der Waals surface area contributed by atoms with Gasteiger partial charge in [0.05, 0.1) is 11.4 Å². The SMILES string of the molecule is O=C(NCCn1nc(-c2cccs2)ccc1=O)c1ccc(-n2ccnc2)nn1. The molecule has 0 spiro atoms. The molecular formula is C18H15N7O2S. The summed E-state index contributed by atoms with van der Waals surface area (Å²) in [6, 6.07) is 10.3. The van der Waals surface area contributed by atoms with Crippen LogP contribution in [0.5, 0.6) is 0 Å². The molecule has 0 aliphatic carbocycles. The van der Waals surface area contributed by atoms with Crippen molar-refractivity contribution in [3.63, 3.8) is 0 Å². The molecule has 4 aromatic rings. The smallest absolute Gasteiger partial charge is 0.271 e. The van der Waals surface area contributed by atoms with Crippen LogP contribution in [0.2, 0.25) is 0 Å². The van der Waals surface area contributed by atoms with E-state index >= 15 is 0 Å². The van der Waals surface area contributed by atoms with Crippen molar-refractivity contribution in [3.05, 3.63) is 76.5 Å². The Morgan fingerprint density at radius 2 is 2.07 bits per heavy atom. The standard InChI is InChI=1S/C18H15N7O2S/c26-17-6-4-13(15-2-1-11-28-15)23-25(17)10-8-20-18(27)14-3-5-16(22-21-14)24-9-7-19-12-24/h1-7,9,11-12H,8,10H2,(H,20,27). The third-order valence-corrected chi connectivity index (χ3v) is 4.79. The van der Waals surface area contributed by atoms with Crippen molar-refractivity contribution in [2.75, 3.05) is 6.54 Å². The number of hydrogen-bond donors (Lipinski definition) is 1. The molecule has 0 radical (unpaired) electrons. The molecule has 0 aliphatic rings. The third kappa shape index (κ3) is 3.86. The summed E-state index contributed by atoms with van der Waals surface area (Å²) >= 11 is 1.55. The van der Waals surface area contributed by atoms with Crippen molar-refractivity contribution in [1.82, 2.24) is 34.8 Å². The van der Waals surface area contributed by atoms with E-state index in [9.17, 15) is 9.59 Å². The lowest BCUT2D eigenvalue weighted by atomic mass is 10.3. The molecule has 28 heavy (non-hydrogen) atoms. The summed E-state index contributed by atoms with van der Waals surface area (Å²) in [6.07, 6.45) is 4.96. The average Bonchev–Trinajstić information content (AvgIpc) is 3.44. The van der Waals surface area contributed by atoms with E-state index in [4.69, 9.17) is 0 Å². The maximum atomic E-state index is 12.2. The molecule has 0 atom stereocenters. The zero-order chi connectivity index (χ0) is 19.3. The fourth-order valence-corrected chi connectivity index (χ4v) is 3.20. The van der Waals surface area contributed by atoms with Gasteiger partial charge in [-0.25, -0.2) is 9.67 Å². The Bertz CT molecular complexity index is 1120. The van der Waals surface area contributed by atoms with Gasteiger partial charge in [0.25, 0.3) is 11.5 Å². The predicted octanol–water partition coefficient (Wildman–Crippen LogP) is 1.38. The van der Waals surface area contributed by atoms with Gasteiger partial charge in [0.1, 0.15) is 12.0 Å². The first-order chi connectivity index (χ1) is 13.7. The first-order valence-corrected chi connectivity index (χ1v) is 9.31. The van der Waals surface area contributed by atoms with E-state index in [0.29, 0.717) is 5.82 Å². The predicted molar refractivity (Wildman–Crippen MR) is 103 cm³/mol. The van der Waals surface area contributed by atoms with Crippen molar-refractivity contribution < 1.29 is 4.79 Å². The van der Waals surface area contributed by atoms with Gasteiger partial charge in [0, 0.05) is 25.0 Å². The van der Waals surface area contributed by atoms with Crippen molar-refractivity contribution in [2.45, 2.75) is 6.54 Å². The quantitative estimate of drug-likeness (QED) is 0.530. The number of thiophene rings is 1. The van der Waals surface area contributed by atoms with Crippen molar-refractivity contribution >= 4 is 17.2 Å². The van der Waals surface area contributed by atoms with Crippen LogP contribution in [0.4, 0.5) is 0 Å². The van der Waals surface area contributed by atoms with Gasteiger partial charge in [-0.1, -0.05) is 6.07 Å². The maximum absolute atomic E-state index is 12.2. The Labute approximate surface area is 163 Å². The molecule has 140 valence electrons. The molecule has 0 bridgehead atoms. The highest BCUT2D eigenvalue weighted by Crippen LogP contribution is 2.20. The van der Waals surface area contributed by atoms with Crippen LogP contribution < -0.4 is 10.9 Å². The first kappa shape index (κ1) is 17.7. The van der Waals surface area contributed by atoms with Gasteiger partial charge in [-0.05, 0) is 29.6 Å². The second-order valence-electron chi connectivity index (χ2n) is 5.76. The lowest BCUT2D eigenvalue weighted by Gasteiger charge is -2.08. The van der Waals surface area contributed by atoms with Gasteiger partial charge >= 0.3 is 0 Å². The van der Waals surface area contributed by atoms with E-state index in [2.05, 4.69) is 25.6 Å². The van der Waals surface area contributed by atoms with Gasteiger partial charge in [-0.2, -0.15) is 5.10 Å². The van der Waals surface area contributed by atoms with Gasteiger partial charge in [0.2, 0.25) is 0 Å². The summed E-state index contributed by atoms with van der Waals surface area (Å²) < 4.78 is 3.02. The molecule has 0 aromatic carbocycles. The summed E-state index contributed by atoms with van der Waals surface area (Å²) in [5.41, 5.74) is 0.692. The monoisotopic (exact) mass is 393 g/mol. The molecule has 1 N–H and O–H groups in total. The molecule has 10 heteroatoms. The topological polar surface area (TPSA) is 108 Å². The molecule has 1 amide bonds. The van der Waals surface area contributed by atoms with Gasteiger partial charge < -0.3 is 5.32 Å². The molecule has 4 rings (SSSR count). The van der Waals surface area contributed by atoms with Crippen LogP contribution in [0.3, 0.4) is 0 Å². The molecular weight excluding hydrogens is 378 g/mol. The fraction of sp³-hybridized carbons (Fsp3) is 0.111. The average molecular weight is 393 g/mol. The number of aromatic nitrogens is 6. The van der Waals surface area contributed by atoms with Crippen LogP contribution in [0.15, 0.2) is 65.3 Å². The Kier molecular flexibility index (Phi) is 5.02. The van der Waals surface area contributed by atoms with Crippen LogP contribution in [0.1, 0.15) is 10.5 Å². The fourth-order valence-electron chi connectivity index (χ4n) is 2.51. The second-order valence-corrected chi connectivity index (χ2v) is 6.71.